The second-order valence-corrected chi connectivity index (χ2v) is 9.43. The van der Waals surface area contributed by atoms with Crippen LogP contribution < -0.4 is 0 Å². The Morgan fingerprint density at radius 1 is 0.914 bits per heavy atom. The maximum atomic E-state index is 13.4. The van der Waals surface area contributed by atoms with Crippen molar-refractivity contribution in [1.29, 1.82) is 0 Å². The van der Waals surface area contributed by atoms with Gasteiger partial charge in [0.25, 0.3) is 5.91 Å². The number of piperazine rings is 1. The molecule has 0 aliphatic carbocycles. The Bertz CT molecular complexity index is 1040. The summed E-state index contributed by atoms with van der Waals surface area (Å²) in [6.07, 6.45) is 2.26. The van der Waals surface area contributed by atoms with E-state index in [1.54, 1.807) is 11.3 Å². The largest absolute Gasteiger partial charge is 0.467 e. The number of carbonyl (C=O) groups is 2. The van der Waals surface area contributed by atoms with Gasteiger partial charge in [-0.15, -0.1) is 0 Å². The zero-order valence-corrected chi connectivity index (χ0v) is 20.3. The van der Waals surface area contributed by atoms with Crippen molar-refractivity contribution in [2.24, 2.45) is 5.10 Å². The predicted molar refractivity (Wildman–Crippen MR) is 131 cm³/mol. The van der Waals surface area contributed by atoms with Crippen molar-refractivity contribution in [1.82, 2.24) is 19.7 Å². The molecule has 0 spiro atoms. The van der Waals surface area contributed by atoms with E-state index in [1.165, 1.54) is 5.56 Å². The normalized spacial score (nSPS) is 21.9. The summed E-state index contributed by atoms with van der Waals surface area (Å²) >= 11 is 0. The Balaban J connectivity index is 1.18. The van der Waals surface area contributed by atoms with Gasteiger partial charge in [-0.05, 0) is 24.6 Å². The van der Waals surface area contributed by atoms with Gasteiger partial charge < -0.3 is 14.1 Å². The topological polar surface area (TPSA) is 81.8 Å². The number of furan rings is 1. The molecule has 1 aromatic heterocycles. The molecule has 9 heteroatoms. The van der Waals surface area contributed by atoms with E-state index in [1.807, 2.05) is 17.0 Å². The Morgan fingerprint density at radius 2 is 1.57 bits per heavy atom. The summed E-state index contributed by atoms with van der Waals surface area (Å²) in [7, 11) is 0. The highest BCUT2D eigenvalue weighted by Crippen LogP contribution is 2.33. The third kappa shape index (κ3) is 5.63. The Morgan fingerprint density at radius 3 is 2.20 bits per heavy atom. The number of carbonyl (C=O) groups excluding carboxylic acids is 2. The van der Waals surface area contributed by atoms with Crippen LogP contribution in [0.1, 0.15) is 29.3 Å². The monoisotopic (exact) mass is 479 g/mol. The van der Waals surface area contributed by atoms with Crippen LogP contribution in [0.15, 0.2) is 52.2 Å². The van der Waals surface area contributed by atoms with Crippen LogP contribution in [0.4, 0.5) is 0 Å². The molecule has 2 amide bonds. The molecule has 5 rings (SSSR count). The van der Waals surface area contributed by atoms with Crippen LogP contribution in [0.3, 0.4) is 0 Å². The van der Waals surface area contributed by atoms with Crippen molar-refractivity contribution in [3.63, 3.8) is 0 Å². The predicted octanol–water partition coefficient (Wildman–Crippen LogP) is 1.74. The van der Waals surface area contributed by atoms with E-state index in [-0.39, 0.29) is 17.9 Å². The molecule has 2 fully saturated rings. The quantitative estimate of drug-likeness (QED) is 0.628. The molecular formula is C26H33N5O4. The molecule has 2 aromatic rings. The minimum Gasteiger partial charge on any atom is -0.467 e. The summed E-state index contributed by atoms with van der Waals surface area (Å²) < 4.78 is 11.0. The Hall–Kier alpha value is -3.01. The first kappa shape index (κ1) is 23.7. The maximum absolute atomic E-state index is 13.4. The molecular weight excluding hydrogens is 446 g/mol. The minimum absolute atomic E-state index is 0.0358. The average molecular weight is 480 g/mol. The van der Waals surface area contributed by atoms with E-state index < -0.39 is 0 Å². The molecule has 0 N–H and O–H groups in total. The first-order chi connectivity index (χ1) is 17.1. The molecule has 0 radical (unpaired) electrons. The lowest BCUT2D eigenvalue weighted by Gasteiger charge is -2.36. The molecule has 9 nitrogen and oxygen atoms in total. The summed E-state index contributed by atoms with van der Waals surface area (Å²) in [6, 6.07) is 11.8. The van der Waals surface area contributed by atoms with Gasteiger partial charge in [0.05, 0.1) is 38.3 Å². The Kier molecular flexibility index (Phi) is 7.26. The third-order valence-corrected chi connectivity index (χ3v) is 6.97. The van der Waals surface area contributed by atoms with Crippen LogP contribution in [0, 0.1) is 6.92 Å². The van der Waals surface area contributed by atoms with Crippen LogP contribution in [-0.4, -0.2) is 103 Å². The molecule has 4 heterocycles. The Labute approximate surface area is 205 Å². The molecule has 1 atom stereocenters. The number of aryl methyl sites for hydroxylation is 1. The number of nitrogens with zero attached hydrogens (tertiary/aromatic N) is 5. The van der Waals surface area contributed by atoms with Crippen LogP contribution >= 0.6 is 0 Å². The first-order valence-electron chi connectivity index (χ1n) is 12.4. The molecule has 2 saturated heterocycles. The highest BCUT2D eigenvalue weighted by atomic mass is 16.5. The van der Waals surface area contributed by atoms with Crippen LogP contribution in [0.5, 0.6) is 0 Å². The van der Waals surface area contributed by atoms with Crippen molar-refractivity contribution >= 4 is 17.5 Å². The SMILES string of the molecule is Cc1ccc(C2=NN(C(=O)CN3CCN(CC(=O)N4CCOCC4)CC3)C(c3ccco3)C2)cc1. The number of hydrazone groups is 1. The van der Waals surface area contributed by atoms with E-state index in [2.05, 4.69) is 41.0 Å². The number of ether oxygens (including phenoxy) is 1. The summed E-state index contributed by atoms with van der Waals surface area (Å²) in [5, 5.41) is 6.34. The lowest BCUT2D eigenvalue weighted by atomic mass is 10.0. The lowest BCUT2D eigenvalue weighted by molar-refractivity contribution is -0.138. The van der Waals surface area contributed by atoms with Gasteiger partial charge in [0.1, 0.15) is 11.8 Å². The molecule has 1 aromatic carbocycles. The van der Waals surface area contributed by atoms with E-state index in [0.717, 1.165) is 43.2 Å². The standard InChI is InChI=1S/C26H33N5O4/c1-20-4-6-21(7-5-20)22-17-23(24-3-2-14-35-24)31(27-22)26(33)19-29-10-8-28(9-11-29)18-25(32)30-12-15-34-16-13-30/h2-7,14,23H,8-13,15-19H2,1H3. The second-order valence-electron chi connectivity index (χ2n) is 9.43. The van der Waals surface area contributed by atoms with Crippen molar-refractivity contribution in [2.75, 3.05) is 65.6 Å². The smallest absolute Gasteiger partial charge is 0.257 e. The summed E-state index contributed by atoms with van der Waals surface area (Å²) in [5.74, 6) is 0.871. The van der Waals surface area contributed by atoms with Crippen molar-refractivity contribution in [3.8, 4) is 0 Å². The highest BCUT2D eigenvalue weighted by molar-refractivity contribution is 6.03. The zero-order valence-electron chi connectivity index (χ0n) is 20.3. The van der Waals surface area contributed by atoms with Gasteiger partial charge in [0.2, 0.25) is 5.91 Å². The van der Waals surface area contributed by atoms with Gasteiger partial charge in [0, 0.05) is 45.7 Å². The number of rotatable bonds is 6. The fourth-order valence-corrected chi connectivity index (χ4v) is 4.84. The lowest BCUT2D eigenvalue weighted by Crippen LogP contribution is -2.53. The molecule has 3 aliphatic rings. The number of hydrogen-bond acceptors (Lipinski definition) is 7. The summed E-state index contributed by atoms with van der Waals surface area (Å²) in [6.45, 7) is 8.38. The summed E-state index contributed by atoms with van der Waals surface area (Å²) in [5.41, 5.74) is 3.11. The van der Waals surface area contributed by atoms with E-state index in [9.17, 15) is 9.59 Å². The van der Waals surface area contributed by atoms with Gasteiger partial charge in [-0.3, -0.25) is 19.4 Å². The third-order valence-electron chi connectivity index (χ3n) is 6.97. The van der Waals surface area contributed by atoms with Gasteiger partial charge in [-0.25, -0.2) is 5.01 Å². The fourth-order valence-electron chi connectivity index (χ4n) is 4.84. The van der Waals surface area contributed by atoms with Gasteiger partial charge in [0.15, 0.2) is 0 Å². The molecule has 35 heavy (non-hydrogen) atoms. The van der Waals surface area contributed by atoms with Gasteiger partial charge in [-0.1, -0.05) is 29.8 Å². The van der Waals surface area contributed by atoms with Crippen LogP contribution in [-0.2, 0) is 14.3 Å². The zero-order chi connectivity index (χ0) is 24.2. The number of benzene rings is 1. The van der Waals surface area contributed by atoms with E-state index >= 15 is 0 Å². The molecule has 186 valence electrons. The number of hydrogen-bond donors (Lipinski definition) is 0. The van der Waals surface area contributed by atoms with Crippen molar-refractivity contribution in [2.45, 2.75) is 19.4 Å². The number of amides is 2. The molecule has 1 unspecified atom stereocenters. The van der Waals surface area contributed by atoms with E-state index in [4.69, 9.17) is 14.3 Å². The number of morpholine rings is 1. The van der Waals surface area contributed by atoms with Crippen molar-refractivity contribution in [3.05, 3.63) is 59.5 Å². The molecule has 0 bridgehead atoms. The minimum atomic E-state index is -0.235. The average Bonchev–Trinajstić information content (AvgIpc) is 3.57. The maximum Gasteiger partial charge on any atom is 0.257 e. The molecule has 0 saturated carbocycles. The van der Waals surface area contributed by atoms with Gasteiger partial charge >= 0.3 is 0 Å². The highest BCUT2D eigenvalue weighted by Gasteiger charge is 2.35. The summed E-state index contributed by atoms with van der Waals surface area (Å²) in [4.78, 5) is 32.1. The van der Waals surface area contributed by atoms with Crippen molar-refractivity contribution < 1.29 is 18.7 Å². The van der Waals surface area contributed by atoms with Gasteiger partial charge in [-0.2, -0.15) is 5.10 Å². The molecule has 3 aliphatic heterocycles. The second kappa shape index (κ2) is 10.7. The van der Waals surface area contributed by atoms with Crippen LogP contribution in [0.25, 0.3) is 0 Å². The van der Waals surface area contributed by atoms with Crippen LogP contribution in [0.2, 0.25) is 0 Å². The first-order valence-corrected chi connectivity index (χ1v) is 12.4. The van der Waals surface area contributed by atoms with E-state index in [0.29, 0.717) is 45.8 Å². The fraction of sp³-hybridized carbons (Fsp3) is 0.500.